The van der Waals surface area contributed by atoms with Crippen molar-refractivity contribution in [1.82, 2.24) is 10.2 Å². The Kier molecular flexibility index (Phi) is 5.33. The number of morpholine rings is 1. The summed E-state index contributed by atoms with van der Waals surface area (Å²) >= 11 is 0. The number of hydrogen-bond acceptors (Lipinski definition) is 4. The molecule has 2 rings (SSSR count). The van der Waals surface area contributed by atoms with Crippen molar-refractivity contribution >= 4 is 17.8 Å². The van der Waals surface area contributed by atoms with Gasteiger partial charge in [0.25, 0.3) is 0 Å². The fourth-order valence-corrected chi connectivity index (χ4v) is 2.47. The summed E-state index contributed by atoms with van der Waals surface area (Å²) in [7, 11) is 0. The Morgan fingerprint density at radius 2 is 2.04 bits per heavy atom. The minimum absolute atomic E-state index is 0.0910. The van der Waals surface area contributed by atoms with Crippen molar-refractivity contribution in [2.24, 2.45) is 0 Å². The van der Waals surface area contributed by atoms with Gasteiger partial charge < -0.3 is 20.1 Å². The first-order valence-corrected chi connectivity index (χ1v) is 7.38. The number of amides is 2. The van der Waals surface area contributed by atoms with E-state index in [9.17, 15) is 14.4 Å². The maximum Gasteiger partial charge on any atom is 0.325 e. The predicted octanol–water partition coefficient (Wildman–Crippen LogP) is 0.392. The van der Waals surface area contributed by atoms with Crippen LogP contribution in [-0.4, -0.2) is 52.6 Å². The molecule has 7 heteroatoms. The molecule has 0 radical (unpaired) electrons. The lowest BCUT2D eigenvalue weighted by molar-refractivity contribution is -0.164. The van der Waals surface area contributed by atoms with Gasteiger partial charge in [0.15, 0.2) is 0 Å². The fraction of sp³-hybridized carbons (Fsp3) is 0.438. The number of carbonyl (C=O) groups excluding carboxylic acids is 2. The van der Waals surface area contributed by atoms with Crippen LogP contribution in [0.3, 0.4) is 0 Å². The fourth-order valence-electron chi connectivity index (χ4n) is 2.47. The van der Waals surface area contributed by atoms with Gasteiger partial charge in [-0.15, -0.1) is 0 Å². The zero-order valence-corrected chi connectivity index (χ0v) is 13.1. The number of benzene rings is 1. The van der Waals surface area contributed by atoms with E-state index in [1.165, 1.54) is 11.8 Å². The number of nitrogens with one attached hydrogen (secondary N) is 1. The Morgan fingerprint density at radius 1 is 1.39 bits per heavy atom. The van der Waals surface area contributed by atoms with Crippen LogP contribution in [0.2, 0.25) is 0 Å². The second-order valence-electron chi connectivity index (χ2n) is 5.54. The first kappa shape index (κ1) is 17.0. The molecule has 0 unspecified atom stereocenters. The van der Waals surface area contributed by atoms with E-state index in [4.69, 9.17) is 9.84 Å². The molecule has 23 heavy (non-hydrogen) atoms. The molecule has 0 aromatic heterocycles. The Balaban J connectivity index is 2.19. The van der Waals surface area contributed by atoms with E-state index < -0.39 is 30.1 Å². The van der Waals surface area contributed by atoms with E-state index in [0.29, 0.717) is 0 Å². The van der Waals surface area contributed by atoms with Crippen LogP contribution in [0.25, 0.3) is 0 Å². The minimum Gasteiger partial charge on any atom is -0.480 e. The van der Waals surface area contributed by atoms with Gasteiger partial charge in [0.05, 0.1) is 6.10 Å². The second kappa shape index (κ2) is 7.23. The van der Waals surface area contributed by atoms with Crippen molar-refractivity contribution in [1.29, 1.82) is 0 Å². The van der Waals surface area contributed by atoms with Crippen molar-refractivity contribution in [3.8, 4) is 0 Å². The monoisotopic (exact) mass is 320 g/mol. The normalized spacial score (nSPS) is 22.5. The Hall–Kier alpha value is -2.41. The summed E-state index contributed by atoms with van der Waals surface area (Å²) < 4.78 is 5.33. The molecule has 1 aromatic carbocycles. The highest BCUT2D eigenvalue weighted by molar-refractivity contribution is 5.91. The van der Waals surface area contributed by atoms with Crippen molar-refractivity contribution < 1.29 is 24.2 Å². The summed E-state index contributed by atoms with van der Waals surface area (Å²) in [6, 6.07) is 7.40. The van der Waals surface area contributed by atoms with E-state index in [0.717, 1.165) is 5.56 Å². The topological polar surface area (TPSA) is 95.9 Å². The van der Waals surface area contributed by atoms with Gasteiger partial charge in [0.2, 0.25) is 11.8 Å². The third-order valence-electron chi connectivity index (χ3n) is 3.76. The number of carboxylic acids is 1. The Bertz CT molecular complexity index is 589. The van der Waals surface area contributed by atoms with Crippen LogP contribution in [0.15, 0.2) is 30.3 Å². The second-order valence-corrected chi connectivity index (χ2v) is 5.54. The molecule has 1 fully saturated rings. The van der Waals surface area contributed by atoms with Crippen molar-refractivity contribution in [2.45, 2.75) is 38.6 Å². The lowest BCUT2D eigenvalue weighted by Gasteiger charge is -2.38. The van der Waals surface area contributed by atoms with Crippen LogP contribution < -0.4 is 5.32 Å². The molecule has 1 aliphatic rings. The molecule has 1 aromatic rings. The number of hydrogen-bond donors (Lipinski definition) is 2. The first-order valence-electron chi connectivity index (χ1n) is 7.38. The average molecular weight is 320 g/mol. The standard InChI is InChI=1S/C16H20N2O5/c1-10(16(21)22)17-15(20)14-11(2)23-9-13(19)18(14)8-12-6-4-3-5-7-12/h3-7,10-11,14H,8-9H2,1-2H3,(H,17,20)(H,21,22)/t10-,11-,14+/m1/s1. The van der Waals surface area contributed by atoms with E-state index >= 15 is 0 Å². The number of nitrogens with zero attached hydrogens (tertiary/aromatic N) is 1. The smallest absolute Gasteiger partial charge is 0.325 e. The molecule has 0 bridgehead atoms. The number of carboxylic acid groups (broad SMARTS) is 1. The summed E-state index contributed by atoms with van der Waals surface area (Å²) in [5.74, 6) is -1.96. The third-order valence-corrected chi connectivity index (χ3v) is 3.76. The zero-order chi connectivity index (χ0) is 17.0. The molecule has 1 aliphatic heterocycles. The summed E-state index contributed by atoms with van der Waals surface area (Å²) in [4.78, 5) is 37.0. The van der Waals surface area contributed by atoms with Gasteiger partial charge in [0.1, 0.15) is 18.7 Å². The van der Waals surface area contributed by atoms with Gasteiger partial charge in [0, 0.05) is 6.54 Å². The van der Waals surface area contributed by atoms with Crippen LogP contribution in [0, 0.1) is 0 Å². The Morgan fingerprint density at radius 3 is 2.65 bits per heavy atom. The molecular formula is C16H20N2O5. The summed E-state index contributed by atoms with van der Waals surface area (Å²) in [5, 5.41) is 11.3. The molecule has 124 valence electrons. The van der Waals surface area contributed by atoms with Gasteiger partial charge in [-0.1, -0.05) is 30.3 Å². The van der Waals surface area contributed by atoms with E-state index in [-0.39, 0.29) is 19.1 Å². The summed E-state index contributed by atoms with van der Waals surface area (Å²) in [5.41, 5.74) is 0.888. The van der Waals surface area contributed by atoms with E-state index in [1.807, 2.05) is 30.3 Å². The van der Waals surface area contributed by atoms with Gasteiger partial charge in [-0.2, -0.15) is 0 Å². The van der Waals surface area contributed by atoms with Crippen LogP contribution in [0.1, 0.15) is 19.4 Å². The van der Waals surface area contributed by atoms with Gasteiger partial charge in [-0.05, 0) is 19.4 Å². The molecule has 2 amide bonds. The van der Waals surface area contributed by atoms with Crippen molar-refractivity contribution in [3.63, 3.8) is 0 Å². The molecule has 2 N–H and O–H groups in total. The molecule has 1 heterocycles. The molecule has 1 saturated heterocycles. The highest BCUT2D eigenvalue weighted by Gasteiger charge is 2.39. The molecule has 0 aliphatic carbocycles. The number of carbonyl (C=O) groups is 3. The quantitative estimate of drug-likeness (QED) is 0.818. The zero-order valence-electron chi connectivity index (χ0n) is 13.1. The maximum atomic E-state index is 12.4. The first-order chi connectivity index (χ1) is 10.9. The van der Waals surface area contributed by atoms with Crippen LogP contribution in [0.4, 0.5) is 0 Å². The van der Waals surface area contributed by atoms with Crippen LogP contribution >= 0.6 is 0 Å². The largest absolute Gasteiger partial charge is 0.480 e. The highest BCUT2D eigenvalue weighted by Crippen LogP contribution is 2.19. The summed E-state index contributed by atoms with van der Waals surface area (Å²) in [6.07, 6.45) is -0.516. The van der Waals surface area contributed by atoms with Gasteiger partial charge >= 0.3 is 5.97 Å². The number of ether oxygens (including phenoxy) is 1. The number of rotatable bonds is 5. The van der Waals surface area contributed by atoms with Crippen LogP contribution in [0.5, 0.6) is 0 Å². The minimum atomic E-state index is -1.14. The molecule has 0 saturated carbocycles. The third kappa shape index (κ3) is 4.07. The van der Waals surface area contributed by atoms with E-state index in [1.54, 1.807) is 6.92 Å². The predicted molar refractivity (Wildman–Crippen MR) is 81.4 cm³/mol. The van der Waals surface area contributed by atoms with Crippen molar-refractivity contribution in [2.75, 3.05) is 6.61 Å². The molecular weight excluding hydrogens is 300 g/mol. The van der Waals surface area contributed by atoms with Gasteiger partial charge in [-0.3, -0.25) is 14.4 Å². The lowest BCUT2D eigenvalue weighted by Crippen LogP contribution is -2.60. The van der Waals surface area contributed by atoms with E-state index in [2.05, 4.69) is 5.32 Å². The van der Waals surface area contributed by atoms with Crippen molar-refractivity contribution in [3.05, 3.63) is 35.9 Å². The molecule has 7 nitrogen and oxygen atoms in total. The molecule has 3 atom stereocenters. The van der Waals surface area contributed by atoms with Crippen LogP contribution in [-0.2, 0) is 25.7 Å². The van der Waals surface area contributed by atoms with Gasteiger partial charge in [-0.25, -0.2) is 0 Å². The number of aliphatic carboxylic acids is 1. The summed E-state index contributed by atoms with van der Waals surface area (Å²) in [6.45, 7) is 3.25. The maximum absolute atomic E-state index is 12.4. The molecule has 0 spiro atoms. The lowest BCUT2D eigenvalue weighted by atomic mass is 10.1. The average Bonchev–Trinajstić information content (AvgIpc) is 2.51. The SMILES string of the molecule is C[C@@H](NC(=O)[C@@H]1[C@@H](C)OCC(=O)N1Cc1ccccc1)C(=O)O. The highest BCUT2D eigenvalue weighted by atomic mass is 16.5. The Labute approximate surface area is 134 Å².